The molecule has 3 nitrogen and oxygen atoms in total. The molecule has 0 radical (unpaired) electrons. The van der Waals surface area contributed by atoms with Crippen LogP contribution in [-0.2, 0) is 6.42 Å². The summed E-state index contributed by atoms with van der Waals surface area (Å²) in [6.07, 6.45) is 2.23. The van der Waals surface area contributed by atoms with Gasteiger partial charge in [0.05, 0.1) is 6.10 Å². The highest BCUT2D eigenvalue weighted by Gasteiger charge is 2.05. The monoisotopic (exact) mass is 242 g/mol. The van der Waals surface area contributed by atoms with Crippen molar-refractivity contribution in [1.82, 2.24) is 10.3 Å². The third-order valence-corrected chi connectivity index (χ3v) is 2.81. The van der Waals surface area contributed by atoms with Crippen molar-refractivity contribution < 1.29 is 5.11 Å². The van der Waals surface area contributed by atoms with E-state index in [1.807, 2.05) is 48.5 Å². The number of nitrogens with one attached hydrogen (secondary N) is 1. The summed E-state index contributed by atoms with van der Waals surface area (Å²) in [7, 11) is 0. The molecule has 0 fully saturated rings. The van der Waals surface area contributed by atoms with Gasteiger partial charge in [0.15, 0.2) is 0 Å². The second-order valence-electron chi connectivity index (χ2n) is 4.20. The van der Waals surface area contributed by atoms with Crippen LogP contribution < -0.4 is 5.32 Å². The van der Waals surface area contributed by atoms with E-state index in [1.54, 1.807) is 6.20 Å². The van der Waals surface area contributed by atoms with Crippen LogP contribution in [0.5, 0.6) is 0 Å². The van der Waals surface area contributed by atoms with Crippen LogP contribution in [0.15, 0.2) is 54.7 Å². The standard InChI is InChI=1S/C15H18N2O/c18-15(13-6-2-1-3-7-13)12-16-11-9-14-8-4-5-10-17-14/h1-8,10,15-16,18H,9,11-12H2. The summed E-state index contributed by atoms with van der Waals surface area (Å²) in [6.45, 7) is 1.39. The summed E-state index contributed by atoms with van der Waals surface area (Å²) in [4.78, 5) is 4.25. The third-order valence-electron chi connectivity index (χ3n) is 2.81. The molecule has 2 aromatic rings. The summed E-state index contributed by atoms with van der Waals surface area (Å²) >= 11 is 0. The van der Waals surface area contributed by atoms with E-state index in [-0.39, 0.29) is 0 Å². The fourth-order valence-corrected chi connectivity index (χ4v) is 1.79. The number of rotatable bonds is 6. The first-order chi connectivity index (χ1) is 8.86. The molecule has 0 aliphatic rings. The molecule has 1 atom stereocenters. The van der Waals surface area contributed by atoms with E-state index in [2.05, 4.69) is 10.3 Å². The second kappa shape index (κ2) is 6.89. The van der Waals surface area contributed by atoms with Crippen molar-refractivity contribution in [2.24, 2.45) is 0 Å². The summed E-state index contributed by atoms with van der Waals surface area (Å²) in [5.74, 6) is 0. The van der Waals surface area contributed by atoms with Crippen LogP contribution in [0.1, 0.15) is 17.4 Å². The minimum atomic E-state index is -0.449. The molecule has 2 rings (SSSR count). The Balaban J connectivity index is 1.70. The first kappa shape index (κ1) is 12.7. The van der Waals surface area contributed by atoms with Gasteiger partial charge >= 0.3 is 0 Å². The summed E-state index contributed by atoms with van der Waals surface area (Å²) < 4.78 is 0. The van der Waals surface area contributed by atoms with Crippen LogP contribution in [0.4, 0.5) is 0 Å². The van der Waals surface area contributed by atoms with Gasteiger partial charge < -0.3 is 10.4 Å². The lowest BCUT2D eigenvalue weighted by Crippen LogP contribution is -2.23. The Morgan fingerprint density at radius 3 is 2.56 bits per heavy atom. The van der Waals surface area contributed by atoms with Gasteiger partial charge in [0.2, 0.25) is 0 Å². The number of benzene rings is 1. The van der Waals surface area contributed by atoms with E-state index < -0.39 is 6.10 Å². The van der Waals surface area contributed by atoms with Gasteiger partial charge in [-0.15, -0.1) is 0 Å². The van der Waals surface area contributed by atoms with Gasteiger partial charge in [-0.25, -0.2) is 0 Å². The van der Waals surface area contributed by atoms with Crippen LogP contribution in [0, 0.1) is 0 Å². The Morgan fingerprint density at radius 2 is 1.83 bits per heavy atom. The molecule has 0 amide bonds. The van der Waals surface area contributed by atoms with E-state index in [1.165, 1.54) is 0 Å². The number of hydrogen-bond acceptors (Lipinski definition) is 3. The molecular formula is C15H18N2O. The molecule has 1 heterocycles. The largest absolute Gasteiger partial charge is 0.387 e. The lowest BCUT2D eigenvalue weighted by Gasteiger charge is -2.11. The smallest absolute Gasteiger partial charge is 0.0914 e. The maximum Gasteiger partial charge on any atom is 0.0914 e. The predicted molar refractivity (Wildman–Crippen MR) is 72.2 cm³/mol. The Labute approximate surface area is 108 Å². The number of nitrogens with zero attached hydrogens (tertiary/aromatic N) is 1. The van der Waals surface area contributed by atoms with Crippen molar-refractivity contribution >= 4 is 0 Å². The Morgan fingerprint density at radius 1 is 1.06 bits per heavy atom. The zero-order valence-electron chi connectivity index (χ0n) is 10.3. The molecular weight excluding hydrogens is 224 g/mol. The fraction of sp³-hybridized carbons (Fsp3) is 0.267. The molecule has 1 aromatic carbocycles. The van der Waals surface area contributed by atoms with Crippen LogP contribution >= 0.6 is 0 Å². The zero-order valence-corrected chi connectivity index (χ0v) is 10.3. The summed E-state index contributed by atoms with van der Waals surface area (Å²) in [5, 5.41) is 13.2. The summed E-state index contributed by atoms with van der Waals surface area (Å²) in [6, 6.07) is 15.6. The number of aromatic nitrogens is 1. The van der Waals surface area contributed by atoms with Crippen molar-refractivity contribution in [3.63, 3.8) is 0 Å². The van der Waals surface area contributed by atoms with Gasteiger partial charge in [0.25, 0.3) is 0 Å². The number of hydrogen-bond donors (Lipinski definition) is 2. The molecule has 0 bridgehead atoms. The Bertz CT molecular complexity index is 445. The Hall–Kier alpha value is -1.71. The van der Waals surface area contributed by atoms with Gasteiger partial charge in [0.1, 0.15) is 0 Å². The maximum absolute atomic E-state index is 9.94. The van der Waals surface area contributed by atoms with Crippen LogP contribution in [-0.4, -0.2) is 23.2 Å². The molecule has 1 aromatic heterocycles. The molecule has 94 valence electrons. The molecule has 0 saturated carbocycles. The van der Waals surface area contributed by atoms with Crippen molar-refractivity contribution in [3.8, 4) is 0 Å². The lowest BCUT2D eigenvalue weighted by molar-refractivity contribution is 0.175. The molecule has 3 heteroatoms. The molecule has 0 aliphatic heterocycles. The highest BCUT2D eigenvalue weighted by atomic mass is 16.3. The molecule has 18 heavy (non-hydrogen) atoms. The van der Waals surface area contributed by atoms with E-state index in [4.69, 9.17) is 0 Å². The average molecular weight is 242 g/mol. The van der Waals surface area contributed by atoms with Gasteiger partial charge in [-0.3, -0.25) is 4.98 Å². The quantitative estimate of drug-likeness (QED) is 0.761. The third kappa shape index (κ3) is 3.95. The lowest BCUT2D eigenvalue weighted by atomic mass is 10.1. The number of aliphatic hydroxyl groups is 1. The first-order valence-electron chi connectivity index (χ1n) is 6.20. The summed E-state index contributed by atoms with van der Waals surface area (Å²) in [5.41, 5.74) is 2.02. The van der Waals surface area contributed by atoms with Crippen molar-refractivity contribution in [3.05, 3.63) is 66.0 Å². The second-order valence-corrected chi connectivity index (χ2v) is 4.20. The minimum Gasteiger partial charge on any atom is -0.387 e. The van der Waals surface area contributed by atoms with Crippen molar-refractivity contribution in [2.45, 2.75) is 12.5 Å². The van der Waals surface area contributed by atoms with Crippen LogP contribution in [0.25, 0.3) is 0 Å². The first-order valence-corrected chi connectivity index (χ1v) is 6.20. The van der Waals surface area contributed by atoms with Gasteiger partial charge in [-0.2, -0.15) is 0 Å². The topological polar surface area (TPSA) is 45.1 Å². The maximum atomic E-state index is 9.94. The normalized spacial score (nSPS) is 12.3. The molecule has 0 aliphatic carbocycles. The molecule has 1 unspecified atom stereocenters. The zero-order chi connectivity index (χ0) is 12.6. The molecule has 0 spiro atoms. The number of pyridine rings is 1. The number of aliphatic hydroxyl groups excluding tert-OH is 1. The SMILES string of the molecule is OC(CNCCc1ccccn1)c1ccccc1. The highest BCUT2D eigenvalue weighted by molar-refractivity contribution is 5.17. The van der Waals surface area contributed by atoms with E-state index >= 15 is 0 Å². The predicted octanol–water partition coefficient (Wildman–Crippen LogP) is 1.95. The highest BCUT2D eigenvalue weighted by Crippen LogP contribution is 2.10. The van der Waals surface area contributed by atoms with Crippen LogP contribution in [0.2, 0.25) is 0 Å². The van der Waals surface area contributed by atoms with E-state index in [9.17, 15) is 5.11 Å². The Kier molecular flexibility index (Phi) is 4.88. The van der Waals surface area contributed by atoms with Gasteiger partial charge in [-0.1, -0.05) is 36.4 Å². The van der Waals surface area contributed by atoms with Gasteiger partial charge in [0, 0.05) is 31.4 Å². The van der Waals surface area contributed by atoms with Crippen molar-refractivity contribution in [1.29, 1.82) is 0 Å². The van der Waals surface area contributed by atoms with E-state index in [0.29, 0.717) is 6.54 Å². The fourth-order valence-electron chi connectivity index (χ4n) is 1.79. The molecule has 2 N–H and O–H groups in total. The van der Waals surface area contributed by atoms with E-state index in [0.717, 1.165) is 24.2 Å². The average Bonchev–Trinajstić information content (AvgIpc) is 2.45. The van der Waals surface area contributed by atoms with Gasteiger partial charge in [-0.05, 0) is 17.7 Å². The minimum absolute atomic E-state index is 0.449. The van der Waals surface area contributed by atoms with Crippen LogP contribution in [0.3, 0.4) is 0 Å². The van der Waals surface area contributed by atoms with Crippen molar-refractivity contribution in [2.75, 3.05) is 13.1 Å². The molecule has 0 saturated heterocycles.